The van der Waals surface area contributed by atoms with Crippen LogP contribution in [0.1, 0.15) is 5.56 Å². The number of benzene rings is 3. The van der Waals surface area contributed by atoms with Gasteiger partial charge in [-0.15, -0.1) is 0 Å². The molecule has 0 radical (unpaired) electrons. The van der Waals surface area contributed by atoms with Crippen molar-refractivity contribution in [3.8, 4) is 11.5 Å². The van der Waals surface area contributed by atoms with Crippen molar-refractivity contribution in [3.63, 3.8) is 0 Å². The second kappa shape index (κ2) is 8.22. The van der Waals surface area contributed by atoms with Crippen LogP contribution in [0.25, 0.3) is 5.57 Å². The monoisotopic (exact) mass is 468 g/mol. The minimum Gasteiger partial charge on any atom is -0.486 e. The number of anilines is 2. The highest BCUT2D eigenvalue weighted by atomic mass is 35.5. The van der Waals surface area contributed by atoms with E-state index in [9.17, 15) is 18.4 Å². The number of halogens is 3. The molecule has 0 saturated carbocycles. The number of carbonyl (C=O) groups is 2. The summed E-state index contributed by atoms with van der Waals surface area (Å²) in [5.74, 6) is -2.36. The summed E-state index contributed by atoms with van der Waals surface area (Å²) < 4.78 is 39.0. The third-order valence-corrected chi connectivity index (χ3v) is 5.43. The van der Waals surface area contributed by atoms with Crippen molar-refractivity contribution in [1.82, 2.24) is 0 Å². The molecule has 3 aromatic rings. The number of fused-ring (bicyclic) bond motifs is 1. The standard InChI is InChI=1S/C24H15ClF2N2O4/c25-14-3-1-13(2-4-14)21-22(28-16-6-8-19-20(12-16)33-10-9-32-19)24(31)29(23(21)30)18-7-5-15(26)11-17(18)27/h1-8,11-12,28H,9-10H2. The topological polar surface area (TPSA) is 67.9 Å². The first kappa shape index (κ1) is 21.0. The lowest BCUT2D eigenvalue weighted by Gasteiger charge is -2.19. The highest BCUT2D eigenvalue weighted by molar-refractivity contribution is 6.46. The van der Waals surface area contributed by atoms with Crippen LogP contribution in [-0.2, 0) is 9.59 Å². The number of nitrogens with zero attached hydrogens (tertiary/aromatic N) is 1. The average molecular weight is 469 g/mol. The van der Waals surface area contributed by atoms with E-state index >= 15 is 0 Å². The van der Waals surface area contributed by atoms with E-state index < -0.39 is 23.4 Å². The molecular formula is C24H15ClF2N2O4. The summed E-state index contributed by atoms with van der Waals surface area (Å²) in [4.78, 5) is 27.4. The van der Waals surface area contributed by atoms with Crippen molar-refractivity contribution in [2.75, 3.05) is 23.4 Å². The largest absolute Gasteiger partial charge is 0.486 e. The van der Waals surface area contributed by atoms with Gasteiger partial charge in [0.1, 0.15) is 30.5 Å². The van der Waals surface area contributed by atoms with E-state index in [0.717, 1.165) is 12.1 Å². The van der Waals surface area contributed by atoms with Crippen LogP contribution < -0.4 is 19.7 Å². The van der Waals surface area contributed by atoms with Crippen molar-refractivity contribution < 1.29 is 27.8 Å². The van der Waals surface area contributed by atoms with Gasteiger partial charge < -0.3 is 14.8 Å². The van der Waals surface area contributed by atoms with Crippen molar-refractivity contribution >= 4 is 40.4 Å². The molecular weight excluding hydrogens is 454 g/mol. The van der Waals surface area contributed by atoms with E-state index in [-0.39, 0.29) is 17.0 Å². The van der Waals surface area contributed by atoms with Gasteiger partial charge in [0, 0.05) is 22.8 Å². The molecule has 1 N–H and O–H groups in total. The fraction of sp³-hybridized carbons (Fsp3) is 0.0833. The van der Waals surface area contributed by atoms with Gasteiger partial charge in [0.25, 0.3) is 11.8 Å². The molecule has 2 heterocycles. The van der Waals surface area contributed by atoms with Gasteiger partial charge in [-0.3, -0.25) is 9.59 Å². The molecule has 2 amide bonds. The molecule has 5 rings (SSSR count). The Morgan fingerprint density at radius 3 is 2.30 bits per heavy atom. The van der Waals surface area contributed by atoms with Gasteiger partial charge in [0.2, 0.25) is 0 Å². The number of imide groups is 1. The van der Waals surface area contributed by atoms with E-state index in [0.29, 0.717) is 52.0 Å². The van der Waals surface area contributed by atoms with Crippen LogP contribution in [0.2, 0.25) is 5.02 Å². The normalized spacial score (nSPS) is 15.3. The smallest absolute Gasteiger partial charge is 0.282 e. The van der Waals surface area contributed by atoms with Crippen LogP contribution in [0, 0.1) is 11.6 Å². The van der Waals surface area contributed by atoms with Gasteiger partial charge in [-0.1, -0.05) is 23.7 Å². The molecule has 0 unspecified atom stereocenters. The molecule has 2 aliphatic rings. The summed E-state index contributed by atoms with van der Waals surface area (Å²) in [6.45, 7) is 0.807. The van der Waals surface area contributed by atoms with E-state index in [1.165, 1.54) is 0 Å². The highest BCUT2D eigenvalue weighted by Gasteiger charge is 2.41. The van der Waals surface area contributed by atoms with Gasteiger partial charge in [-0.2, -0.15) is 0 Å². The zero-order valence-corrected chi connectivity index (χ0v) is 17.7. The first-order chi connectivity index (χ1) is 15.9. The number of carbonyl (C=O) groups excluding carboxylic acids is 2. The summed E-state index contributed by atoms with van der Waals surface area (Å²) in [6.07, 6.45) is 0. The van der Waals surface area contributed by atoms with Crippen LogP contribution >= 0.6 is 11.6 Å². The number of nitrogens with one attached hydrogen (secondary N) is 1. The minimum atomic E-state index is -1.03. The number of hydrogen-bond donors (Lipinski definition) is 1. The molecule has 0 aliphatic carbocycles. The fourth-order valence-corrected chi connectivity index (χ4v) is 3.80. The molecule has 0 fully saturated rings. The summed E-state index contributed by atoms with van der Waals surface area (Å²) >= 11 is 5.97. The molecule has 0 spiro atoms. The van der Waals surface area contributed by atoms with E-state index in [1.807, 2.05) is 0 Å². The van der Waals surface area contributed by atoms with Gasteiger partial charge in [0.15, 0.2) is 11.5 Å². The molecule has 0 aromatic heterocycles. The maximum Gasteiger partial charge on any atom is 0.282 e. The van der Waals surface area contributed by atoms with Gasteiger partial charge in [0.05, 0.1) is 11.3 Å². The zero-order valence-electron chi connectivity index (χ0n) is 16.9. The first-order valence-electron chi connectivity index (χ1n) is 9.93. The van der Waals surface area contributed by atoms with Crippen molar-refractivity contribution in [2.24, 2.45) is 0 Å². The van der Waals surface area contributed by atoms with Crippen LogP contribution in [0.5, 0.6) is 11.5 Å². The van der Waals surface area contributed by atoms with Gasteiger partial charge >= 0.3 is 0 Å². The van der Waals surface area contributed by atoms with E-state index in [4.69, 9.17) is 21.1 Å². The maximum absolute atomic E-state index is 14.5. The third kappa shape index (κ3) is 3.78. The first-order valence-corrected chi connectivity index (χ1v) is 10.3. The molecule has 2 aliphatic heterocycles. The third-order valence-electron chi connectivity index (χ3n) is 5.18. The lowest BCUT2D eigenvalue weighted by molar-refractivity contribution is -0.120. The fourth-order valence-electron chi connectivity index (χ4n) is 3.68. The molecule has 0 atom stereocenters. The summed E-state index contributed by atoms with van der Waals surface area (Å²) in [5, 5.41) is 3.41. The lowest BCUT2D eigenvalue weighted by atomic mass is 10.0. The SMILES string of the molecule is O=C1C(Nc2ccc3c(c2)OCCO3)=C(c2ccc(Cl)cc2)C(=O)N1c1ccc(F)cc1F. The Balaban J connectivity index is 1.59. The van der Waals surface area contributed by atoms with Crippen LogP contribution in [0.15, 0.2) is 66.4 Å². The average Bonchev–Trinajstić information content (AvgIpc) is 3.04. The predicted octanol–water partition coefficient (Wildman–Crippen LogP) is 4.79. The Hall–Kier alpha value is -3.91. The molecule has 166 valence electrons. The maximum atomic E-state index is 14.5. The molecule has 3 aromatic carbocycles. The molecule has 0 saturated heterocycles. The number of rotatable bonds is 4. The Morgan fingerprint density at radius 2 is 1.58 bits per heavy atom. The predicted molar refractivity (Wildman–Crippen MR) is 118 cm³/mol. The van der Waals surface area contributed by atoms with Crippen molar-refractivity contribution in [3.05, 3.63) is 88.6 Å². The quantitative estimate of drug-likeness (QED) is 0.558. The second-order valence-corrected chi connectivity index (χ2v) is 7.72. The minimum absolute atomic E-state index is 0.0234. The Kier molecular flexibility index (Phi) is 5.22. The van der Waals surface area contributed by atoms with E-state index in [1.54, 1.807) is 42.5 Å². The molecule has 0 bridgehead atoms. The summed E-state index contributed by atoms with van der Waals surface area (Å²) in [6, 6.07) is 13.9. The Labute approximate surface area is 192 Å². The zero-order chi connectivity index (χ0) is 23.1. The summed E-state index contributed by atoms with van der Waals surface area (Å²) in [7, 11) is 0. The summed E-state index contributed by atoms with van der Waals surface area (Å²) in [5.41, 5.74) is 0.473. The van der Waals surface area contributed by atoms with Gasteiger partial charge in [-0.25, -0.2) is 13.7 Å². The second-order valence-electron chi connectivity index (χ2n) is 7.28. The van der Waals surface area contributed by atoms with Crippen molar-refractivity contribution in [1.29, 1.82) is 0 Å². The van der Waals surface area contributed by atoms with Crippen LogP contribution in [0.3, 0.4) is 0 Å². The van der Waals surface area contributed by atoms with E-state index in [2.05, 4.69) is 5.32 Å². The highest BCUT2D eigenvalue weighted by Crippen LogP contribution is 2.37. The molecule has 6 nitrogen and oxygen atoms in total. The molecule has 33 heavy (non-hydrogen) atoms. The van der Waals surface area contributed by atoms with Crippen LogP contribution in [0.4, 0.5) is 20.2 Å². The number of hydrogen-bond acceptors (Lipinski definition) is 5. The molecule has 9 heteroatoms. The van der Waals surface area contributed by atoms with Crippen molar-refractivity contribution in [2.45, 2.75) is 0 Å². The Bertz CT molecular complexity index is 1320. The van der Waals surface area contributed by atoms with Crippen LogP contribution in [-0.4, -0.2) is 25.0 Å². The Morgan fingerprint density at radius 1 is 0.848 bits per heavy atom. The lowest BCUT2D eigenvalue weighted by Crippen LogP contribution is -2.33. The van der Waals surface area contributed by atoms with Gasteiger partial charge in [-0.05, 0) is 42.0 Å². The number of ether oxygens (including phenoxy) is 2. The number of amides is 2.